The number of carboxylic acid groups (broad SMARTS) is 1. The van der Waals surface area contributed by atoms with Crippen LogP contribution < -0.4 is 4.74 Å². The van der Waals surface area contributed by atoms with Crippen LogP contribution in [0.25, 0.3) is 0 Å². The lowest BCUT2D eigenvalue weighted by Crippen LogP contribution is -2.40. The van der Waals surface area contributed by atoms with Gasteiger partial charge in [-0.15, -0.1) is 0 Å². The minimum Gasteiger partial charge on any atom is -0.495 e. The third-order valence-electron chi connectivity index (χ3n) is 4.19. The highest BCUT2D eigenvalue weighted by atomic mass is 79.9. The normalized spacial score (nSPS) is 23.3. The summed E-state index contributed by atoms with van der Waals surface area (Å²) < 4.78 is 6.34. The molecule has 0 aliphatic carbocycles. The van der Waals surface area contributed by atoms with Gasteiger partial charge in [0.25, 0.3) is 0 Å². The van der Waals surface area contributed by atoms with Crippen molar-refractivity contribution in [3.8, 4) is 5.75 Å². The van der Waals surface area contributed by atoms with Crippen LogP contribution in [-0.4, -0.2) is 41.7 Å². The molecule has 5 heteroatoms. The van der Waals surface area contributed by atoms with Crippen LogP contribution >= 0.6 is 15.9 Å². The molecule has 4 nitrogen and oxygen atoms in total. The Morgan fingerprint density at radius 3 is 2.57 bits per heavy atom. The van der Waals surface area contributed by atoms with E-state index in [-0.39, 0.29) is 11.5 Å². The van der Waals surface area contributed by atoms with Gasteiger partial charge in [0.05, 0.1) is 17.5 Å². The molecule has 0 radical (unpaired) electrons. The van der Waals surface area contributed by atoms with Crippen LogP contribution in [0.1, 0.15) is 32.3 Å². The number of para-hydroxylation sites is 1. The van der Waals surface area contributed by atoms with Crippen molar-refractivity contribution < 1.29 is 14.6 Å². The van der Waals surface area contributed by atoms with E-state index >= 15 is 0 Å². The molecule has 1 aliphatic rings. The first-order valence-corrected chi connectivity index (χ1v) is 7.85. The predicted molar refractivity (Wildman–Crippen MR) is 85.9 cm³/mol. The fourth-order valence-corrected chi connectivity index (χ4v) is 3.49. The van der Waals surface area contributed by atoms with Crippen molar-refractivity contribution in [2.24, 2.45) is 5.92 Å². The fourth-order valence-electron chi connectivity index (χ4n) is 2.95. The van der Waals surface area contributed by atoms with Crippen molar-refractivity contribution in [3.63, 3.8) is 0 Å². The molecule has 1 saturated heterocycles. The van der Waals surface area contributed by atoms with Crippen LogP contribution in [0.3, 0.4) is 0 Å². The third-order valence-corrected chi connectivity index (χ3v) is 4.81. The SMILES string of the molecule is COc1c(Br)cccc1[C@H]1CN(C(C)(C)C)C[C@@H]1C(=O)O. The topological polar surface area (TPSA) is 49.8 Å². The van der Waals surface area contributed by atoms with E-state index in [0.29, 0.717) is 6.54 Å². The Labute approximate surface area is 134 Å². The predicted octanol–water partition coefficient (Wildman–Crippen LogP) is 3.36. The second-order valence-electron chi connectivity index (χ2n) is 6.49. The zero-order chi connectivity index (χ0) is 15.8. The lowest BCUT2D eigenvalue weighted by atomic mass is 9.88. The molecule has 0 saturated carbocycles. The number of rotatable bonds is 3. The maximum absolute atomic E-state index is 11.7. The number of halogens is 1. The summed E-state index contributed by atoms with van der Waals surface area (Å²) in [5, 5.41) is 9.58. The van der Waals surface area contributed by atoms with E-state index in [4.69, 9.17) is 4.74 Å². The molecule has 116 valence electrons. The molecule has 1 aromatic carbocycles. The summed E-state index contributed by atoms with van der Waals surface area (Å²) in [6.07, 6.45) is 0. The third kappa shape index (κ3) is 3.24. The molecule has 0 aromatic heterocycles. The molecular weight excluding hydrogens is 334 g/mol. The highest BCUT2D eigenvalue weighted by Crippen LogP contribution is 2.42. The highest BCUT2D eigenvalue weighted by molar-refractivity contribution is 9.10. The van der Waals surface area contributed by atoms with Crippen molar-refractivity contribution in [2.75, 3.05) is 20.2 Å². The zero-order valence-electron chi connectivity index (χ0n) is 12.9. The summed E-state index contributed by atoms with van der Waals surface area (Å²) in [6.45, 7) is 7.65. The van der Waals surface area contributed by atoms with Gasteiger partial charge in [-0.05, 0) is 42.8 Å². The Hall–Kier alpha value is -1.07. The summed E-state index contributed by atoms with van der Waals surface area (Å²) >= 11 is 3.48. The van der Waals surface area contributed by atoms with Crippen molar-refractivity contribution >= 4 is 21.9 Å². The van der Waals surface area contributed by atoms with Gasteiger partial charge in [-0.3, -0.25) is 9.69 Å². The minimum absolute atomic E-state index is 0.0400. The molecular formula is C16H22BrNO3. The van der Waals surface area contributed by atoms with E-state index in [1.807, 2.05) is 18.2 Å². The number of carbonyl (C=O) groups is 1. The number of methoxy groups -OCH3 is 1. The average Bonchev–Trinajstić information content (AvgIpc) is 2.83. The van der Waals surface area contributed by atoms with Crippen LogP contribution in [0.5, 0.6) is 5.75 Å². The van der Waals surface area contributed by atoms with E-state index in [1.165, 1.54) is 0 Å². The maximum Gasteiger partial charge on any atom is 0.308 e. The Bertz CT molecular complexity index is 539. The monoisotopic (exact) mass is 355 g/mol. The van der Waals surface area contributed by atoms with E-state index in [1.54, 1.807) is 7.11 Å². The number of hydrogen-bond acceptors (Lipinski definition) is 3. The molecule has 1 heterocycles. The molecule has 21 heavy (non-hydrogen) atoms. The highest BCUT2D eigenvalue weighted by Gasteiger charge is 2.43. The van der Waals surface area contributed by atoms with Gasteiger partial charge in [0.15, 0.2) is 0 Å². The van der Waals surface area contributed by atoms with Gasteiger partial charge in [-0.2, -0.15) is 0 Å². The van der Waals surface area contributed by atoms with Crippen molar-refractivity contribution in [2.45, 2.75) is 32.2 Å². The van der Waals surface area contributed by atoms with Gasteiger partial charge in [0.1, 0.15) is 5.75 Å². The lowest BCUT2D eigenvalue weighted by Gasteiger charge is -2.31. The molecule has 2 rings (SSSR count). The van der Waals surface area contributed by atoms with E-state index in [2.05, 4.69) is 41.6 Å². The van der Waals surface area contributed by atoms with E-state index in [9.17, 15) is 9.90 Å². The van der Waals surface area contributed by atoms with Gasteiger partial charge < -0.3 is 9.84 Å². The summed E-state index contributed by atoms with van der Waals surface area (Å²) in [7, 11) is 1.62. The van der Waals surface area contributed by atoms with Crippen molar-refractivity contribution in [1.82, 2.24) is 4.90 Å². The Morgan fingerprint density at radius 1 is 1.38 bits per heavy atom. The Balaban J connectivity index is 2.41. The van der Waals surface area contributed by atoms with Crippen LogP contribution in [0.2, 0.25) is 0 Å². The first kappa shape index (κ1) is 16.3. The number of likely N-dealkylation sites (tertiary alicyclic amines) is 1. The van der Waals surface area contributed by atoms with Crippen molar-refractivity contribution in [1.29, 1.82) is 0 Å². The molecule has 1 N–H and O–H groups in total. The second-order valence-corrected chi connectivity index (χ2v) is 7.34. The first-order valence-electron chi connectivity index (χ1n) is 7.06. The van der Waals surface area contributed by atoms with Crippen LogP contribution in [0.15, 0.2) is 22.7 Å². The average molecular weight is 356 g/mol. The zero-order valence-corrected chi connectivity index (χ0v) is 14.5. The fraction of sp³-hybridized carbons (Fsp3) is 0.562. The summed E-state index contributed by atoms with van der Waals surface area (Å²) in [6, 6.07) is 5.81. The largest absolute Gasteiger partial charge is 0.495 e. The molecule has 1 aliphatic heterocycles. The maximum atomic E-state index is 11.7. The Kier molecular flexibility index (Phi) is 4.63. The molecule has 1 aromatic rings. The Morgan fingerprint density at radius 2 is 2.05 bits per heavy atom. The van der Waals surface area contributed by atoms with Gasteiger partial charge >= 0.3 is 5.97 Å². The van der Waals surface area contributed by atoms with E-state index in [0.717, 1.165) is 22.3 Å². The smallest absolute Gasteiger partial charge is 0.308 e. The molecule has 2 atom stereocenters. The number of carboxylic acids is 1. The number of benzene rings is 1. The summed E-state index contributed by atoms with van der Waals surface area (Å²) in [4.78, 5) is 13.9. The van der Waals surface area contributed by atoms with Crippen molar-refractivity contribution in [3.05, 3.63) is 28.2 Å². The quantitative estimate of drug-likeness (QED) is 0.902. The van der Waals surface area contributed by atoms with Gasteiger partial charge in [-0.1, -0.05) is 12.1 Å². The van der Waals surface area contributed by atoms with Gasteiger partial charge in [-0.25, -0.2) is 0 Å². The van der Waals surface area contributed by atoms with E-state index < -0.39 is 11.9 Å². The van der Waals surface area contributed by atoms with Gasteiger partial charge in [0.2, 0.25) is 0 Å². The standard InChI is InChI=1S/C16H22BrNO3/c1-16(2,3)18-8-11(12(9-18)15(19)20)10-6-5-7-13(17)14(10)21-4/h5-7,11-12H,8-9H2,1-4H3,(H,19,20)/t11-,12+/m1/s1. The molecule has 0 unspecified atom stereocenters. The minimum atomic E-state index is -0.742. The summed E-state index contributed by atoms with van der Waals surface area (Å²) in [5.74, 6) is -0.472. The van der Waals surface area contributed by atoms with Crippen LogP contribution in [-0.2, 0) is 4.79 Å². The van der Waals surface area contributed by atoms with Gasteiger partial charge in [0, 0.05) is 30.1 Å². The number of ether oxygens (including phenoxy) is 1. The van der Waals surface area contributed by atoms with Crippen LogP contribution in [0.4, 0.5) is 0 Å². The molecule has 0 spiro atoms. The lowest BCUT2D eigenvalue weighted by molar-refractivity contribution is -0.141. The molecule has 1 fully saturated rings. The number of nitrogens with zero attached hydrogens (tertiary/aromatic N) is 1. The number of aliphatic carboxylic acids is 1. The number of hydrogen-bond donors (Lipinski definition) is 1. The summed E-state index contributed by atoms with van der Waals surface area (Å²) in [5.41, 5.74) is 0.924. The molecule has 0 bridgehead atoms. The van der Waals surface area contributed by atoms with Crippen LogP contribution in [0, 0.1) is 5.92 Å². The molecule has 0 amide bonds. The first-order chi connectivity index (χ1) is 9.75. The second kappa shape index (κ2) is 5.97.